The standard InChI is InChI=1S/C21H29NOSi/c1-20(2,13-14-21(17-22)15-16-21)24(23,18-9-5-3-6-10-18)19-11-7-4-8-12-19/h3-12,23H,13-17,22H2,1-2H3. The molecule has 0 aromatic heterocycles. The van der Waals surface area contributed by atoms with E-state index in [0.29, 0.717) is 5.41 Å². The lowest BCUT2D eigenvalue weighted by Crippen LogP contribution is -2.65. The molecule has 2 nitrogen and oxygen atoms in total. The van der Waals surface area contributed by atoms with Crippen LogP contribution in [0.3, 0.4) is 0 Å². The van der Waals surface area contributed by atoms with Crippen molar-refractivity contribution in [1.82, 2.24) is 0 Å². The van der Waals surface area contributed by atoms with Crippen molar-refractivity contribution < 1.29 is 4.80 Å². The summed E-state index contributed by atoms with van der Waals surface area (Å²) in [7, 11) is -2.85. The average molecular weight is 340 g/mol. The van der Waals surface area contributed by atoms with Crippen LogP contribution < -0.4 is 16.1 Å². The fraction of sp³-hybridized carbons (Fsp3) is 0.429. The zero-order chi connectivity index (χ0) is 17.3. The highest BCUT2D eigenvalue weighted by Gasteiger charge is 2.51. The lowest BCUT2D eigenvalue weighted by Gasteiger charge is -2.42. The second-order valence-electron chi connectivity index (χ2n) is 8.03. The first kappa shape index (κ1) is 17.4. The van der Waals surface area contributed by atoms with Crippen molar-refractivity contribution in [3.63, 3.8) is 0 Å². The van der Waals surface area contributed by atoms with Gasteiger partial charge in [0, 0.05) is 0 Å². The molecule has 1 fully saturated rings. The smallest absolute Gasteiger partial charge is 0.258 e. The normalized spacial score (nSPS) is 16.8. The van der Waals surface area contributed by atoms with Crippen LogP contribution in [0.1, 0.15) is 39.5 Å². The highest BCUT2D eigenvalue weighted by Crippen LogP contribution is 2.52. The van der Waals surface area contributed by atoms with Crippen LogP contribution in [0.15, 0.2) is 60.7 Å². The minimum atomic E-state index is -2.85. The van der Waals surface area contributed by atoms with E-state index in [-0.39, 0.29) is 5.04 Å². The molecule has 3 N–H and O–H groups in total. The van der Waals surface area contributed by atoms with Crippen LogP contribution >= 0.6 is 0 Å². The van der Waals surface area contributed by atoms with Crippen molar-refractivity contribution in [2.45, 2.75) is 44.6 Å². The Kier molecular flexibility index (Phi) is 4.69. The quantitative estimate of drug-likeness (QED) is 0.762. The van der Waals surface area contributed by atoms with E-state index in [0.717, 1.165) is 29.8 Å². The van der Waals surface area contributed by atoms with Gasteiger partial charge in [-0.15, -0.1) is 0 Å². The van der Waals surface area contributed by atoms with Gasteiger partial charge in [-0.05, 0) is 53.1 Å². The van der Waals surface area contributed by atoms with Crippen LogP contribution in [0, 0.1) is 5.41 Å². The van der Waals surface area contributed by atoms with Gasteiger partial charge in [0.05, 0.1) is 0 Å². The highest BCUT2D eigenvalue weighted by atomic mass is 28.4. The summed E-state index contributed by atoms with van der Waals surface area (Å²) < 4.78 is 0. The predicted molar refractivity (Wildman–Crippen MR) is 104 cm³/mol. The molecular formula is C21H29NOSi. The van der Waals surface area contributed by atoms with Crippen molar-refractivity contribution in [2.24, 2.45) is 11.1 Å². The molecule has 0 saturated heterocycles. The molecule has 3 heteroatoms. The first-order valence-corrected chi connectivity index (χ1v) is 10.9. The zero-order valence-electron chi connectivity index (χ0n) is 14.8. The Morgan fingerprint density at radius 2 is 1.42 bits per heavy atom. The van der Waals surface area contributed by atoms with Gasteiger partial charge in [0.15, 0.2) is 0 Å². The zero-order valence-corrected chi connectivity index (χ0v) is 15.8. The van der Waals surface area contributed by atoms with Crippen LogP contribution in [0.4, 0.5) is 0 Å². The van der Waals surface area contributed by atoms with Gasteiger partial charge in [0.1, 0.15) is 0 Å². The largest absolute Gasteiger partial charge is 0.424 e. The second kappa shape index (κ2) is 6.47. The fourth-order valence-electron chi connectivity index (χ4n) is 3.80. The lowest BCUT2D eigenvalue weighted by molar-refractivity contribution is 0.390. The van der Waals surface area contributed by atoms with Crippen LogP contribution in [-0.2, 0) is 0 Å². The number of benzene rings is 2. The maximum absolute atomic E-state index is 12.1. The Bertz CT molecular complexity index is 625. The van der Waals surface area contributed by atoms with Crippen LogP contribution in [0.5, 0.6) is 0 Å². The SMILES string of the molecule is CC(C)(CCC1(CN)CC1)[Si](O)(c1ccccc1)c1ccccc1. The molecule has 1 aliphatic rings. The molecule has 1 aliphatic carbocycles. The minimum absolute atomic E-state index is 0.152. The summed E-state index contributed by atoms with van der Waals surface area (Å²) in [5.41, 5.74) is 6.33. The summed E-state index contributed by atoms with van der Waals surface area (Å²) >= 11 is 0. The molecule has 0 heterocycles. The number of rotatable bonds is 7. The van der Waals surface area contributed by atoms with Gasteiger partial charge in [-0.25, -0.2) is 0 Å². The van der Waals surface area contributed by atoms with Crippen LogP contribution in [-0.4, -0.2) is 19.7 Å². The summed E-state index contributed by atoms with van der Waals surface area (Å²) in [5, 5.41) is 2.04. The molecule has 0 atom stereocenters. The number of hydrogen-bond acceptors (Lipinski definition) is 2. The minimum Gasteiger partial charge on any atom is -0.424 e. The van der Waals surface area contributed by atoms with Gasteiger partial charge < -0.3 is 10.5 Å². The summed E-state index contributed by atoms with van der Waals surface area (Å²) in [6.45, 7) is 5.26. The highest BCUT2D eigenvalue weighted by molar-refractivity contribution is 6.98. The lowest BCUT2D eigenvalue weighted by atomic mass is 9.95. The van der Waals surface area contributed by atoms with E-state index in [9.17, 15) is 4.80 Å². The molecule has 0 unspecified atom stereocenters. The van der Waals surface area contributed by atoms with Crippen molar-refractivity contribution in [3.8, 4) is 0 Å². The van der Waals surface area contributed by atoms with E-state index in [1.54, 1.807) is 0 Å². The number of nitrogens with two attached hydrogens (primary N) is 1. The first-order chi connectivity index (χ1) is 11.4. The van der Waals surface area contributed by atoms with E-state index in [4.69, 9.17) is 5.73 Å². The van der Waals surface area contributed by atoms with Gasteiger partial charge in [-0.1, -0.05) is 74.5 Å². The topological polar surface area (TPSA) is 46.2 Å². The van der Waals surface area contributed by atoms with E-state index < -0.39 is 8.32 Å². The summed E-state index contributed by atoms with van der Waals surface area (Å²) in [6.07, 6.45) is 4.62. The van der Waals surface area contributed by atoms with Gasteiger partial charge >= 0.3 is 0 Å². The first-order valence-electron chi connectivity index (χ1n) is 8.97. The molecule has 0 aliphatic heterocycles. The molecule has 24 heavy (non-hydrogen) atoms. The van der Waals surface area contributed by atoms with Crippen molar-refractivity contribution >= 4 is 18.7 Å². The van der Waals surface area contributed by atoms with Crippen LogP contribution in [0.2, 0.25) is 5.04 Å². The Labute approximate surface area is 146 Å². The van der Waals surface area contributed by atoms with Gasteiger partial charge in [-0.3, -0.25) is 0 Å². The van der Waals surface area contributed by atoms with E-state index >= 15 is 0 Å². The summed E-state index contributed by atoms with van der Waals surface area (Å²) in [5.74, 6) is 0. The summed E-state index contributed by atoms with van der Waals surface area (Å²) in [6, 6.07) is 20.6. The Hall–Kier alpha value is -1.42. The molecule has 0 radical (unpaired) electrons. The maximum Gasteiger partial charge on any atom is 0.258 e. The monoisotopic (exact) mass is 339 g/mol. The van der Waals surface area contributed by atoms with Crippen molar-refractivity contribution in [2.75, 3.05) is 6.54 Å². The molecule has 3 rings (SSSR count). The third-order valence-corrected chi connectivity index (χ3v) is 10.6. The fourth-order valence-corrected chi connectivity index (χ4v) is 7.53. The van der Waals surface area contributed by atoms with E-state index in [2.05, 4.69) is 38.1 Å². The molecule has 128 valence electrons. The van der Waals surface area contributed by atoms with E-state index in [1.165, 1.54) is 12.8 Å². The van der Waals surface area contributed by atoms with Gasteiger partial charge in [0.25, 0.3) is 8.32 Å². The third kappa shape index (κ3) is 3.08. The maximum atomic E-state index is 12.1. The molecule has 2 aromatic rings. The number of hydrogen-bond donors (Lipinski definition) is 2. The Morgan fingerprint density at radius 1 is 0.958 bits per heavy atom. The molecule has 0 bridgehead atoms. The van der Waals surface area contributed by atoms with Crippen LogP contribution in [0.25, 0.3) is 0 Å². The molecular weight excluding hydrogens is 310 g/mol. The third-order valence-electron chi connectivity index (χ3n) is 6.03. The molecule has 1 saturated carbocycles. The summed E-state index contributed by atoms with van der Waals surface area (Å²) in [4.78, 5) is 12.1. The molecule has 0 amide bonds. The van der Waals surface area contributed by atoms with Crippen molar-refractivity contribution in [3.05, 3.63) is 60.7 Å². The van der Waals surface area contributed by atoms with E-state index in [1.807, 2.05) is 36.4 Å². The van der Waals surface area contributed by atoms with Gasteiger partial charge in [-0.2, -0.15) is 0 Å². The molecule has 0 spiro atoms. The Balaban J connectivity index is 1.98. The van der Waals surface area contributed by atoms with Crippen molar-refractivity contribution in [1.29, 1.82) is 0 Å². The molecule has 2 aromatic carbocycles. The average Bonchev–Trinajstić information content (AvgIpc) is 3.41. The second-order valence-corrected chi connectivity index (χ2v) is 12.0. The predicted octanol–water partition coefficient (Wildman–Crippen LogP) is 3.04. The Morgan fingerprint density at radius 3 is 1.79 bits per heavy atom. The van der Waals surface area contributed by atoms with Gasteiger partial charge in [0.2, 0.25) is 0 Å².